The van der Waals surface area contributed by atoms with Crippen LogP contribution in [0.2, 0.25) is 0 Å². The van der Waals surface area contributed by atoms with E-state index >= 15 is 0 Å². The van der Waals surface area contributed by atoms with Gasteiger partial charge in [-0.1, -0.05) is 104 Å². The van der Waals surface area contributed by atoms with Crippen molar-refractivity contribution in [1.82, 2.24) is 10.2 Å². The van der Waals surface area contributed by atoms with Gasteiger partial charge in [0.25, 0.3) is 5.91 Å². The van der Waals surface area contributed by atoms with Gasteiger partial charge in [-0.05, 0) is 69.2 Å². The van der Waals surface area contributed by atoms with Gasteiger partial charge in [0.2, 0.25) is 5.91 Å². The molecule has 0 aliphatic heterocycles. The fourth-order valence-electron chi connectivity index (χ4n) is 5.62. The van der Waals surface area contributed by atoms with Crippen LogP contribution in [0, 0.1) is 6.92 Å². The lowest BCUT2D eigenvalue weighted by atomic mass is 9.94. The summed E-state index contributed by atoms with van der Waals surface area (Å²) >= 11 is 3.67. The number of amides is 2. The van der Waals surface area contributed by atoms with Crippen LogP contribution in [-0.2, 0) is 22.6 Å². The van der Waals surface area contributed by atoms with Crippen LogP contribution in [0.3, 0.4) is 0 Å². The molecule has 0 bridgehead atoms. The van der Waals surface area contributed by atoms with Crippen molar-refractivity contribution in [1.29, 1.82) is 0 Å². The van der Waals surface area contributed by atoms with Crippen LogP contribution < -0.4 is 10.1 Å². The van der Waals surface area contributed by atoms with E-state index in [4.69, 9.17) is 4.74 Å². The molecule has 2 amide bonds. The molecule has 41 heavy (non-hydrogen) atoms. The molecule has 0 saturated heterocycles. The summed E-state index contributed by atoms with van der Waals surface area (Å²) in [6, 6.07) is 29.3. The topological polar surface area (TPSA) is 58.6 Å². The van der Waals surface area contributed by atoms with E-state index in [1.165, 1.54) is 6.42 Å². The van der Waals surface area contributed by atoms with E-state index in [0.717, 1.165) is 57.6 Å². The third-order valence-corrected chi connectivity index (χ3v) is 8.82. The monoisotopic (exact) mass is 612 g/mol. The first-order valence-corrected chi connectivity index (χ1v) is 15.3. The number of ether oxygens (including phenoxy) is 1. The highest BCUT2D eigenvalue weighted by Gasteiger charge is 2.32. The maximum atomic E-state index is 14.0. The van der Waals surface area contributed by atoms with Crippen molar-refractivity contribution in [2.75, 3.05) is 6.61 Å². The average molecular weight is 614 g/mol. The third-order valence-electron chi connectivity index (χ3n) is 8.00. The number of halogens is 1. The second kappa shape index (κ2) is 13.8. The van der Waals surface area contributed by atoms with Gasteiger partial charge in [-0.3, -0.25) is 9.59 Å². The maximum absolute atomic E-state index is 14.0. The number of nitrogens with zero attached hydrogens (tertiary/aromatic N) is 1. The highest BCUT2D eigenvalue weighted by atomic mass is 79.9. The molecule has 212 valence electrons. The number of fused-ring (bicyclic) bond motifs is 1. The molecular formula is C35H37BrN2O3. The van der Waals surface area contributed by atoms with Crippen molar-refractivity contribution in [2.45, 2.75) is 64.1 Å². The van der Waals surface area contributed by atoms with Gasteiger partial charge in [0.15, 0.2) is 6.61 Å². The lowest BCUT2D eigenvalue weighted by Crippen LogP contribution is -2.53. The first kappa shape index (κ1) is 28.9. The molecule has 0 spiro atoms. The Kier molecular flexibility index (Phi) is 9.73. The molecule has 5 nitrogen and oxygen atoms in total. The largest absolute Gasteiger partial charge is 0.483 e. The van der Waals surface area contributed by atoms with E-state index in [1.807, 2.05) is 97.9 Å². The zero-order chi connectivity index (χ0) is 28.6. The summed E-state index contributed by atoms with van der Waals surface area (Å²) in [5.74, 6) is 0.266. The minimum absolute atomic E-state index is 0.102. The van der Waals surface area contributed by atoms with E-state index in [-0.39, 0.29) is 24.5 Å². The number of carbonyl (C=O) groups excluding carboxylic acids is 2. The quantitative estimate of drug-likeness (QED) is 0.203. The molecule has 1 aliphatic carbocycles. The predicted octanol–water partition coefficient (Wildman–Crippen LogP) is 7.38. The van der Waals surface area contributed by atoms with Gasteiger partial charge < -0.3 is 15.0 Å². The number of aryl methyl sites for hydroxylation is 1. The summed E-state index contributed by atoms with van der Waals surface area (Å²) < 4.78 is 6.93. The normalized spacial score (nSPS) is 14.4. The summed E-state index contributed by atoms with van der Waals surface area (Å²) in [4.78, 5) is 29.7. The van der Waals surface area contributed by atoms with Gasteiger partial charge in [-0.15, -0.1) is 0 Å². The van der Waals surface area contributed by atoms with Crippen molar-refractivity contribution >= 4 is 38.5 Å². The molecule has 4 aromatic carbocycles. The Morgan fingerprint density at radius 3 is 2.39 bits per heavy atom. The average Bonchev–Trinajstić information content (AvgIpc) is 3.00. The second-order valence-corrected chi connectivity index (χ2v) is 11.7. The van der Waals surface area contributed by atoms with Gasteiger partial charge in [-0.2, -0.15) is 0 Å². The Hall–Kier alpha value is -3.64. The summed E-state index contributed by atoms with van der Waals surface area (Å²) in [6.07, 6.45) is 5.84. The van der Waals surface area contributed by atoms with Gasteiger partial charge in [0.1, 0.15) is 11.8 Å². The van der Waals surface area contributed by atoms with E-state index in [0.29, 0.717) is 18.7 Å². The Morgan fingerprint density at radius 2 is 1.61 bits per heavy atom. The Balaban J connectivity index is 1.44. The Bertz CT molecular complexity index is 1480. The molecule has 0 radical (unpaired) electrons. The third kappa shape index (κ3) is 7.36. The van der Waals surface area contributed by atoms with Crippen molar-refractivity contribution in [3.05, 3.63) is 112 Å². The molecule has 1 atom stereocenters. The van der Waals surface area contributed by atoms with Gasteiger partial charge in [0, 0.05) is 19.0 Å². The predicted molar refractivity (Wildman–Crippen MR) is 168 cm³/mol. The minimum atomic E-state index is -0.671. The molecule has 0 heterocycles. The molecule has 1 fully saturated rings. The Morgan fingerprint density at radius 1 is 0.902 bits per heavy atom. The molecule has 5 rings (SSSR count). The maximum Gasteiger partial charge on any atom is 0.261 e. The summed E-state index contributed by atoms with van der Waals surface area (Å²) in [7, 11) is 0. The van der Waals surface area contributed by atoms with Crippen LogP contribution in [0.5, 0.6) is 5.75 Å². The number of carbonyl (C=O) groups is 2. The van der Waals surface area contributed by atoms with Gasteiger partial charge >= 0.3 is 0 Å². The molecule has 0 unspecified atom stereocenters. The number of benzene rings is 4. The molecule has 1 N–H and O–H groups in total. The first-order valence-electron chi connectivity index (χ1n) is 14.5. The fraction of sp³-hybridized carbons (Fsp3) is 0.314. The summed E-state index contributed by atoms with van der Waals surface area (Å²) in [5.41, 5.74) is 3.10. The number of rotatable bonds is 10. The van der Waals surface area contributed by atoms with Crippen molar-refractivity contribution in [3.8, 4) is 5.75 Å². The first-order chi connectivity index (χ1) is 20.0. The standard InChI is InChI=1S/C35H37BrN2O3/c1-25-12-8-9-16-28(25)23-38(33(39)24-41-32-21-20-27-15-10-11-19-30(27)34(32)36)31(22-26-13-4-2-5-14-26)35(40)37-29-17-6-3-7-18-29/h2,4-5,8-16,19-21,29,31H,3,6-7,17-18,22-24H2,1H3,(H,37,40)/t31-/m0/s1. The lowest BCUT2D eigenvalue weighted by Gasteiger charge is -2.33. The fourth-order valence-corrected chi connectivity index (χ4v) is 6.22. The highest BCUT2D eigenvalue weighted by molar-refractivity contribution is 9.10. The summed E-state index contributed by atoms with van der Waals surface area (Å²) in [5, 5.41) is 5.40. The van der Waals surface area contributed by atoms with Crippen molar-refractivity contribution in [3.63, 3.8) is 0 Å². The Labute approximate surface area is 251 Å². The van der Waals surface area contributed by atoms with E-state index in [2.05, 4.69) is 21.2 Å². The van der Waals surface area contributed by atoms with Crippen LogP contribution >= 0.6 is 15.9 Å². The van der Waals surface area contributed by atoms with Crippen LogP contribution in [0.25, 0.3) is 10.8 Å². The smallest absolute Gasteiger partial charge is 0.261 e. The molecule has 6 heteroatoms. The number of hydrogen-bond acceptors (Lipinski definition) is 3. The van der Waals surface area contributed by atoms with Gasteiger partial charge in [-0.25, -0.2) is 0 Å². The van der Waals surface area contributed by atoms with Gasteiger partial charge in [0.05, 0.1) is 4.47 Å². The molecule has 1 saturated carbocycles. The molecule has 0 aromatic heterocycles. The molecular weight excluding hydrogens is 576 g/mol. The summed E-state index contributed by atoms with van der Waals surface area (Å²) in [6.45, 7) is 2.18. The second-order valence-electron chi connectivity index (χ2n) is 10.9. The van der Waals surface area contributed by atoms with Crippen LogP contribution in [-0.4, -0.2) is 35.4 Å². The van der Waals surface area contributed by atoms with Crippen molar-refractivity contribution in [2.24, 2.45) is 0 Å². The number of hydrogen-bond donors (Lipinski definition) is 1. The molecule has 4 aromatic rings. The minimum Gasteiger partial charge on any atom is -0.483 e. The van der Waals surface area contributed by atoms with Crippen molar-refractivity contribution < 1.29 is 14.3 Å². The van der Waals surface area contributed by atoms with E-state index in [1.54, 1.807) is 4.90 Å². The molecule has 1 aliphatic rings. The SMILES string of the molecule is Cc1ccccc1CN(C(=O)COc1ccc2ccccc2c1Br)[C@@H](Cc1ccccc1)C(=O)NC1CCCCC1. The zero-order valence-electron chi connectivity index (χ0n) is 23.5. The lowest BCUT2D eigenvalue weighted by molar-refractivity contribution is -0.143. The van der Waals surface area contributed by atoms with Crippen LogP contribution in [0.15, 0.2) is 95.5 Å². The zero-order valence-corrected chi connectivity index (χ0v) is 25.1. The van der Waals surface area contributed by atoms with E-state index in [9.17, 15) is 9.59 Å². The number of nitrogens with one attached hydrogen (secondary N) is 1. The van der Waals surface area contributed by atoms with Crippen LogP contribution in [0.1, 0.15) is 48.8 Å². The highest BCUT2D eigenvalue weighted by Crippen LogP contribution is 2.33. The van der Waals surface area contributed by atoms with E-state index < -0.39 is 6.04 Å². The van der Waals surface area contributed by atoms with Crippen LogP contribution in [0.4, 0.5) is 0 Å².